The number of imide groups is 2. The minimum atomic E-state index is -0.557. The van der Waals surface area contributed by atoms with Gasteiger partial charge < -0.3 is 20.1 Å². The Hall–Kier alpha value is -5.44. The van der Waals surface area contributed by atoms with Crippen LogP contribution in [0.2, 0.25) is 0 Å². The number of carbonyl (C=O) groups excluding carboxylic acids is 6. The summed E-state index contributed by atoms with van der Waals surface area (Å²) in [6, 6.07) is 13.7. The van der Waals surface area contributed by atoms with Gasteiger partial charge in [0.25, 0.3) is 11.8 Å². The van der Waals surface area contributed by atoms with Crippen LogP contribution in [-0.4, -0.2) is 48.9 Å². The number of hydrogen-bond acceptors (Lipinski definition) is 8. The molecule has 2 heterocycles. The highest BCUT2D eigenvalue weighted by molar-refractivity contribution is 6.32. The zero-order valence-corrected chi connectivity index (χ0v) is 44.1. The summed E-state index contributed by atoms with van der Waals surface area (Å²) >= 11 is 0. The number of anilines is 2. The third-order valence-corrected chi connectivity index (χ3v) is 14.2. The van der Waals surface area contributed by atoms with Crippen LogP contribution in [0.1, 0.15) is 218 Å². The van der Waals surface area contributed by atoms with Crippen molar-refractivity contribution in [1.29, 1.82) is 0 Å². The van der Waals surface area contributed by atoms with Crippen LogP contribution < -0.4 is 20.4 Å². The minimum absolute atomic E-state index is 0.0406. The van der Waals surface area contributed by atoms with Crippen LogP contribution in [0.5, 0.6) is 0 Å². The molecule has 0 saturated heterocycles. The SMILES string of the molecule is CCCCCCCCC(CCCCCCCCCNC(=O)OCc1ccc(N2C(=O)C=CC2=O)cc1)C(CCCCCCCC)CCCCCCCCCNC(=O)OCc1cccc(N2C(=O)C#CC2=O)c1. The Morgan fingerprint density at radius 1 is 0.458 bits per heavy atom. The summed E-state index contributed by atoms with van der Waals surface area (Å²) in [6.07, 6.45) is 40.0. The van der Waals surface area contributed by atoms with Crippen LogP contribution in [0.15, 0.2) is 60.7 Å². The van der Waals surface area contributed by atoms with Crippen molar-refractivity contribution in [2.45, 2.75) is 220 Å². The molecule has 2 aromatic carbocycles. The maximum Gasteiger partial charge on any atom is 0.407 e. The van der Waals surface area contributed by atoms with Crippen LogP contribution in [0.3, 0.4) is 0 Å². The van der Waals surface area contributed by atoms with E-state index in [0.717, 1.165) is 52.9 Å². The topological polar surface area (TPSA) is 151 Å². The Labute approximate surface area is 432 Å². The van der Waals surface area contributed by atoms with Crippen LogP contribution in [0, 0.1) is 23.7 Å². The monoisotopic (exact) mass is 993 g/mol. The normalized spacial score (nSPS) is 13.9. The number of nitrogens with one attached hydrogen (secondary N) is 2. The maximum absolute atomic E-state index is 12.3. The van der Waals surface area contributed by atoms with Gasteiger partial charge in [0.1, 0.15) is 13.2 Å². The second-order valence-corrected chi connectivity index (χ2v) is 20.0. The first-order valence-electron chi connectivity index (χ1n) is 28.2. The molecule has 0 radical (unpaired) electrons. The van der Waals surface area contributed by atoms with Crippen molar-refractivity contribution in [3.63, 3.8) is 0 Å². The van der Waals surface area contributed by atoms with Gasteiger partial charge in [-0.05, 0) is 60.1 Å². The summed E-state index contributed by atoms with van der Waals surface area (Å²) in [7, 11) is 0. The predicted octanol–water partition coefficient (Wildman–Crippen LogP) is 14.1. The van der Waals surface area contributed by atoms with Crippen molar-refractivity contribution < 1.29 is 38.2 Å². The van der Waals surface area contributed by atoms with Gasteiger partial charge in [-0.15, -0.1) is 0 Å². The van der Waals surface area contributed by atoms with E-state index in [1.54, 1.807) is 48.5 Å². The van der Waals surface area contributed by atoms with Gasteiger partial charge in [0.05, 0.1) is 11.4 Å². The molecule has 2 unspecified atom stereocenters. The van der Waals surface area contributed by atoms with E-state index in [4.69, 9.17) is 9.47 Å². The molecule has 0 spiro atoms. The number of hydrogen-bond donors (Lipinski definition) is 2. The van der Waals surface area contributed by atoms with Crippen molar-refractivity contribution in [3.8, 4) is 11.8 Å². The first-order valence-corrected chi connectivity index (χ1v) is 28.2. The molecule has 2 aliphatic rings. The number of benzene rings is 2. The Morgan fingerprint density at radius 2 is 0.847 bits per heavy atom. The molecule has 72 heavy (non-hydrogen) atoms. The standard InChI is InChI=1S/C60H88N4O8/c1-3-5-7-9-17-23-31-51(33-25-19-13-11-15-21-27-44-61-59(69)71-47-49-36-38-53(39-37-49)63-55(65)40-41-56(63)66)52(32-24-18-10-8-6-4-2)34-26-20-14-12-16-22-28-45-62-60(70)72-48-50-30-29-35-54(46-50)64-57(67)42-43-58(64)68/h29-30,35-41,46,51-52H,3-28,31-34,44-45,47-48H2,1-2H3,(H,61,69)(H,62,70). The lowest BCUT2D eigenvalue weighted by Crippen LogP contribution is -2.30. The van der Waals surface area contributed by atoms with Crippen molar-refractivity contribution in [1.82, 2.24) is 10.6 Å². The zero-order chi connectivity index (χ0) is 51.4. The van der Waals surface area contributed by atoms with Gasteiger partial charge >= 0.3 is 24.0 Å². The third kappa shape index (κ3) is 23.9. The van der Waals surface area contributed by atoms with Gasteiger partial charge in [-0.25, -0.2) is 19.4 Å². The Kier molecular flexibility index (Phi) is 29.9. The molecular weight excluding hydrogens is 905 g/mol. The highest BCUT2D eigenvalue weighted by Crippen LogP contribution is 2.34. The smallest absolute Gasteiger partial charge is 0.407 e. The summed E-state index contributed by atoms with van der Waals surface area (Å²) in [6.45, 7) is 5.92. The van der Waals surface area contributed by atoms with Gasteiger partial charge in [0.15, 0.2) is 0 Å². The van der Waals surface area contributed by atoms with Gasteiger partial charge in [0.2, 0.25) is 0 Å². The lowest BCUT2D eigenvalue weighted by molar-refractivity contribution is -0.121. The molecular formula is C60H88N4O8. The number of nitrogens with zero attached hydrogens (tertiary/aromatic N) is 2. The molecule has 12 heteroatoms. The molecule has 2 aliphatic heterocycles. The number of amides is 6. The molecule has 4 rings (SSSR count). The molecule has 0 fully saturated rings. The second-order valence-electron chi connectivity index (χ2n) is 20.0. The van der Waals surface area contributed by atoms with Crippen molar-refractivity contribution in [3.05, 3.63) is 71.8 Å². The predicted molar refractivity (Wildman–Crippen MR) is 288 cm³/mol. The molecule has 0 bridgehead atoms. The van der Waals surface area contributed by atoms with Gasteiger partial charge in [-0.2, -0.15) is 0 Å². The van der Waals surface area contributed by atoms with E-state index in [2.05, 4.69) is 36.3 Å². The van der Waals surface area contributed by atoms with Crippen LogP contribution in [0.25, 0.3) is 0 Å². The third-order valence-electron chi connectivity index (χ3n) is 14.2. The molecule has 6 amide bonds. The Morgan fingerprint density at radius 3 is 1.28 bits per heavy atom. The fraction of sp³-hybridized carbons (Fsp3) is 0.633. The lowest BCUT2D eigenvalue weighted by Gasteiger charge is -2.28. The highest BCUT2D eigenvalue weighted by atomic mass is 16.6. The number of unbranched alkanes of at least 4 members (excludes halogenated alkanes) is 22. The van der Waals surface area contributed by atoms with E-state index < -0.39 is 24.0 Å². The van der Waals surface area contributed by atoms with Gasteiger partial charge in [-0.3, -0.25) is 19.2 Å². The second kappa shape index (κ2) is 36.5. The van der Waals surface area contributed by atoms with E-state index in [1.807, 2.05) is 0 Å². The van der Waals surface area contributed by atoms with Gasteiger partial charge in [0, 0.05) is 37.1 Å². The van der Waals surface area contributed by atoms with E-state index >= 15 is 0 Å². The fourth-order valence-corrected chi connectivity index (χ4v) is 9.94. The Bertz CT molecular complexity index is 1980. The van der Waals surface area contributed by atoms with E-state index in [1.165, 1.54) is 179 Å². The molecule has 2 aromatic rings. The summed E-state index contributed by atoms with van der Waals surface area (Å²) in [4.78, 5) is 74.5. The number of carbonyl (C=O) groups is 6. The number of ether oxygens (including phenoxy) is 2. The summed E-state index contributed by atoms with van der Waals surface area (Å²) < 4.78 is 10.8. The average Bonchev–Trinajstić information content (AvgIpc) is 3.91. The molecule has 0 aromatic heterocycles. The quantitative estimate of drug-likeness (QED) is 0.0380. The highest BCUT2D eigenvalue weighted by Gasteiger charge is 2.27. The molecule has 396 valence electrons. The molecule has 0 saturated carbocycles. The van der Waals surface area contributed by atoms with E-state index in [9.17, 15) is 28.8 Å². The van der Waals surface area contributed by atoms with E-state index in [0.29, 0.717) is 30.0 Å². The maximum atomic E-state index is 12.3. The van der Waals surface area contributed by atoms with Crippen molar-refractivity contribution in [2.24, 2.45) is 11.8 Å². The summed E-state index contributed by atoms with van der Waals surface area (Å²) in [5, 5.41) is 5.72. The molecule has 12 nitrogen and oxygen atoms in total. The average molecular weight is 993 g/mol. The first kappa shape index (κ1) is 59.1. The van der Waals surface area contributed by atoms with Crippen LogP contribution in [0.4, 0.5) is 21.0 Å². The molecule has 0 aliphatic carbocycles. The lowest BCUT2D eigenvalue weighted by atomic mass is 9.78. The number of alkyl carbamates (subject to hydrolysis) is 2. The first-order chi connectivity index (χ1) is 35.2. The largest absolute Gasteiger partial charge is 0.445 e. The van der Waals surface area contributed by atoms with Gasteiger partial charge in [-0.1, -0.05) is 218 Å². The summed E-state index contributed by atoms with van der Waals surface area (Å²) in [5.41, 5.74) is 2.36. The minimum Gasteiger partial charge on any atom is -0.445 e. The van der Waals surface area contributed by atoms with Crippen LogP contribution >= 0.6 is 0 Å². The van der Waals surface area contributed by atoms with Crippen molar-refractivity contribution in [2.75, 3.05) is 22.9 Å². The number of rotatable bonds is 41. The zero-order valence-electron chi connectivity index (χ0n) is 44.1. The molecule has 2 atom stereocenters. The fourth-order valence-electron chi connectivity index (χ4n) is 9.94. The molecule has 2 N–H and O–H groups in total. The summed E-state index contributed by atoms with van der Waals surface area (Å²) in [5.74, 6) is 4.38. The van der Waals surface area contributed by atoms with Crippen molar-refractivity contribution >= 4 is 47.2 Å². The van der Waals surface area contributed by atoms with E-state index in [-0.39, 0.29) is 25.0 Å². The Balaban J connectivity index is 1.08. The van der Waals surface area contributed by atoms with Crippen LogP contribution in [-0.2, 0) is 41.9 Å².